The van der Waals surface area contributed by atoms with E-state index in [1.54, 1.807) is 18.2 Å². The molecule has 0 N–H and O–H groups in total. The molecular weight excluding hydrogens is 262 g/mol. The van der Waals surface area contributed by atoms with Crippen LogP contribution in [-0.4, -0.2) is 31.9 Å². The van der Waals surface area contributed by atoms with Gasteiger partial charge in [-0.05, 0) is 37.1 Å². The number of hydrogen-bond donors (Lipinski definition) is 0. The van der Waals surface area contributed by atoms with Gasteiger partial charge in [0.15, 0.2) is 0 Å². The fourth-order valence-corrected chi connectivity index (χ4v) is 4.00. The molecule has 1 aromatic carbocycles. The molecule has 5 heteroatoms. The minimum Gasteiger partial charge on any atom is -0.490 e. The molecule has 0 aromatic heterocycles. The number of sulfonamides is 1. The van der Waals surface area contributed by atoms with E-state index in [2.05, 4.69) is 0 Å². The van der Waals surface area contributed by atoms with E-state index in [4.69, 9.17) is 4.74 Å². The first-order chi connectivity index (χ1) is 9.07. The molecule has 0 aliphatic carbocycles. The molecule has 1 aromatic rings. The molecule has 2 heterocycles. The molecule has 4 nitrogen and oxygen atoms in total. The van der Waals surface area contributed by atoms with Crippen molar-refractivity contribution in [2.24, 2.45) is 0 Å². The molecule has 0 saturated carbocycles. The Labute approximate surface area is 113 Å². The Morgan fingerprint density at radius 1 is 1.32 bits per heavy atom. The minimum atomic E-state index is -3.37. The Kier molecular flexibility index (Phi) is 3.11. The van der Waals surface area contributed by atoms with E-state index in [1.807, 2.05) is 19.1 Å². The SMILES string of the molecule is CC1Cc2cc(S(=O)(=O)N3CC=CCC3)ccc2O1. The van der Waals surface area contributed by atoms with Crippen molar-refractivity contribution in [1.82, 2.24) is 4.31 Å². The van der Waals surface area contributed by atoms with Gasteiger partial charge >= 0.3 is 0 Å². The summed E-state index contributed by atoms with van der Waals surface area (Å²) in [6, 6.07) is 5.17. The van der Waals surface area contributed by atoms with Crippen LogP contribution >= 0.6 is 0 Å². The summed E-state index contributed by atoms with van der Waals surface area (Å²) in [5, 5.41) is 0. The van der Waals surface area contributed by atoms with Crippen molar-refractivity contribution in [3.63, 3.8) is 0 Å². The predicted octanol–water partition coefficient (Wildman–Crippen LogP) is 1.96. The molecule has 3 rings (SSSR count). The zero-order valence-corrected chi connectivity index (χ0v) is 11.7. The van der Waals surface area contributed by atoms with Gasteiger partial charge < -0.3 is 4.74 Å². The third-order valence-electron chi connectivity index (χ3n) is 3.53. The van der Waals surface area contributed by atoms with E-state index in [1.165, 1.54) is 4.31 Å². The lowest BCUT2D eigenvalue weighted by molar-refractivity contribution is 0.254. The summed E-state index contributed by atoms with van der Waals surface area (Å²) in [6.45, 7) is 3.01. The van der Waals surface area contributed by atoms with Crippen LogP contribution in [0.15, 0.2) is 35.2 Å². The fraction of sp³-hybridized carbons (Fsp3) is 0.429. The molecule has 0 spiro atoms. The number of benzene rings is 1. The van der Waals surface area contributed by atoms with Gasteiger partial charge in [0, 0.05) is 19.5 Å². The Bertz CT molecular complexity index is 622. The van der Waals surface area contributed by atoms with Gasteiger partial charge in [0.2, 0.25) is 10.0 Å². The lowest BCUT2D eigenvalue weighted by Crippen LogP contribution is -2.33. The Balaban J connectivity index is 1.94. The van der Waals surface area contributed by atoms with Crippen LogP contribution in [0.1, 0.15) is 18.9 Å². The van der Waals surface area contributed by atoms with Gasteiger partial charge in [0.1, 0.15) is 11.9 Å². The van der Waals surface area contributed by atoms with Gasteiger partial charge in [0.05, 0.1) is 4.90 Å². The lowest BCUT2D eigenvalue weighted by atomic mass is 10.1. The van der Waals surface area contributed by atoms with Crippen molar-refractivity contribution in [1.29, 1.82) is 0 Å². The van der Waals surface area contributed by atoms with E-state index in [9.17, 15) is 8.42 Å². The van der Waals surface area contributed by atoms with Crippen molar-refractivity contribution in [3.8, 4) is 5.75 Å². The first-order valence-electron chi connectivity index (χ1n) is 6.52. The van der Waals surface area contributed by atoms with Gasteiger partial charge in [-0.15, -0.1) is 0 Å². The van der Waals surface area contributed by atoms with Crippen LogP contribution in [0, 0.1) is 0 Å². The second-order valence-electron chi connectivity index (χ2n) is 5.03. The highest BCUT2D eigenvalue weighted by atomic mass is 32.2. The summed E-state index contributed by atoms with van der Waals surface area (Å²) in [6.07, 6.45) is 5.61. The average Bonchev–Trinajstić information content (AvgIpc) is 2.78. The summed E-state index contributed by atoms with van der Waals surface area (Å²) >= 11 is 0. The summed E-state index contributed by atoms with van der Waals surface area (Å²) in [5.41, 5.74) is 0.987. The third kappa shape index (κ3) is 2.28. The van der Waals surface area contributed by atoms with E-state index in [-0.39, 0.29) is 6.10 Å². The molecule has 0 radical (unpaired) electrons. The normalized spacial score (nSPS) is 23.1. The maximum Gasteiger partial charge on any atom is 0.243 e. The lowest BCUT2D eigenvalue weighted by Gasteiger charge is -2.22. The smallest absolute Gasteiger partial charge is 0.243 e. The van der Waals surface area contributed by atoms with Crippen LogP contribution in [0.3, 0.4) is 0 Å². The van der Waals surface area contributed by atoms with Crippen LogP contribution in [0.25, 0.3) is 0 Å². The van der Waals surface area contributed by atoms with E-state index in [0.29, 0.717) is 18.0 Å². The third-order valence-corrected chi connectivity index (χ3v) is 5.39. The molecule has 0 amide bonds. The number of fused-ring (bicyclic) bond motifs is 1. The highest BCUT2D eigenvalue weighted by molar-refractivity contribution is 7.89. The van der Waals surface area contributed by atoms with Crippen LogP contribution in [0.5, 0.6) is 5.75 Å². The number of hydrogen-bond acceptors (Lipinski definition) is 3. The molecule has 0 bridgehead atoms. The molecular formula is C14H17NO3S. The highest BCUT2D eigenvalue weighted by Crippen LogP contribution is 2.31. The fourth-order valence-electron chi connectivity index (χ4n) is 2.55. The quantitative estimate of drug-likeness (QED) is 0.778. The molecule has 1 atom stereocenters. The van der Waals surface area contributed by atoms with Gasteiger partial charge in [0.25, 0.3) is 0 Å². The standard InChI is InChI=1S/C14H17NO3S/c1-11-9-12-10-13(5-6-14(12)18-11)19(16,17)15-7-3-2-4-8-15/h2-3,5-6,10-11H,4,7-9H2,1H3. The highest BCUT2D eigenvalue weighted by Gasteiger charge is 2.27. The Morgan fingerprint density at radius 2 is 2.16 bits per heavy atom. The van der Waals surface area contributed by atoms with Crippen molar-refractivity contribution in [3.05, 3.63) is 35.9 Å². The largest absolute Gasteiger partial charge is 0.490 e. The van der Waals surface area contributed by atoms with Crippen LogP contribution < -0.4 is 4.74 Å². The minimum absolute atomic E-state index is 0.130. The zero-order chi connectivity index (χ0) is 13.5. The summed E-state index contributed by atoms with van der Waals surface area (Å²) in [4.78, 5) is 0.374. The zero-order valence-electron chi connectivity index (χ0n) is 10.9. The predicted molar refractivity (Wildman–Crippen MR) is 72.8 cm³/mol. The second-order valence-corrected chi connectivity index (χ2v) is 6.96. The monoisotopic (exact) mass is 279 g/mol. The average molecular weight is 279 g/mol. The van der Waals surface area contributed by atoms with Crippen molar-refractivity contribution < 1.29 is 13.2 Å². The van der Waals surface area contributed by atoms with Crippen LogP contribution in [0.4, 0.5) is 0 Å². The van der Waals surface area contributed by atoms with E-state index < -0.39 is 10.0 Å². The Morgan fingerprint density at radius 3 is 2.89 bits per heavy atom. The first-order valence-corrected chi connectivity index (χ1v) is 7.96. The maximum absolute atomic E-state index is 12.5. The van der Waals surface area contributed by atoms with Gasteiger partial charge in [-0.2, -0.15) is 4.31 Å². The molecule has 2 aliphatic rings. The van der Waals surface area contributed by atoms with Crippen LogP contribution in [-0.2, 0) is 16.4 Å². The summed E-state index contributed by atoms with van der Waals surface area (Å²) < 4.78 is 32.2. The molecule has 0 fully saturated rings. The molecule has 1 unspecified atom stereocenters. The second kappa shape index (κ2) is 4.65. The van der Waals surface area contributed by atoms with Crippen LogP contribution in [0.2, 0.25) is 0 Å². The van der Waals surface area contributed by atoms with Gasteiger partial charge in [-0.1, -0.05) is 12.2 Å². The van der Waals surface area contributed by atoms with Crippen molar-refractivity contribution in [2.75, 3.05) is 13.1 Å². The molecule has 2 aliphatic heterocycles. The number of nitrogens with zero attached hydrogens (tertiary/aromatic N) is 1. The molecule has 0 saturated heterocycles. The van der Waals surface area contributed by atoms with Crippen molar-refractivity contribution in [2.45, 2.75) is 30.8 Å². The molecule has 102 valence electrons. The number of ether oxygens (including phenoxy) is 1. The Hall–Kier alpha value is -1.33. The van der Waals surface area contributed by atoms with Gasteiger partial charge in [-0.3, -0.25) is 0 Å². The summed E-state index contributed by atoms with van der Waals surface area (Å²) in [5.74, 6) is 0.810. The summed E-state index contributed by atoms with van der Waals surface area (Å²) in [7, 11) is -3.37. The van der Waals surface area contributed by atoms with Gasteiger partial charge in [-0.25, -0.2) is 8.42 Å². The van der Waals surface area contributed by atoms with E-state index >= 15 is 0 Å². The van der Waals surface area contributed by atoms with Crippen molar-refractivity contribution >= 4 is 10.0 Å². The number of rotatable bonds is 2. The maximum atomic E-state index is 12.5. The first kappa shape index (κ1) is 12.7. The molecule has 19 heavy (non-hydrogen) atoms. The topological polar surface area (TPSA) is 46.6 Å². The van der Waals surface area contributed by atoms with E-state index in [0.717, 1.165) is 24.2 Å².